The fourth-order valence-corrected chi connectivity index (χ4v) is 2.04. The molecule has 2 N–H and O–H groups in total. The zero-order chi connectivity index (χ0) is 17.0. The first-order valence-corrected chi connectivity index (χ1v) is 6.76. The van der Waals surface area contributed by atoms with Crippen LogP contribution >= 0.6 is 23.2 Å². The van der Waals surface area contributed by atoms with Crippen LogP contribution in [-0.4, -0.2) is 27.1 Å². The van der Waals surface area contributed by atoms with E-state index in [1.165, 1.54) is 18.2 Å². The van der Waals surface area contributed by atoms with Crippen LogP contribution in [-0.2, 0) is 0 Å². The van der Waals surface area contributed by atoms with E-state index in [4.69, 9.17) is 23.2 Å². The second kappa shape index (κ2) is 7.03. The number of pyridine rings is 1. The number of aromatic nitrogens is 1. The molecule has 2 aromatic rings. The second-order valence-electron chi connectivity index (χ2n) is 4.18. The molecule has 1 aromatic heterocycles. The van der Waals surface area contributed by atoms with E-state index in [0.29, 0.717) is 0 Å². The molecule has 0 bridgehead atoms. The number of carbonyl (C=O) groups is 1. The van der Waals surface area contributed by atoms with Gasteiger partial charge in [-0.1, -0.05) is 23.2 Å². The summed E-state index contributed by atoms with van der Waals surface area (Å²) >= 11 is 11.5. The van der Waals surface area contributed by atoms with Crippen LogP contribution in [0, 0.1) is 10.1 Å². The van der Waals surface area contributed by atoms with Gasteiger partial charge in [-0.05, 0) is 18.2 Å². The normalized spacial score (nSPS) is 10.7. The number of benzene rings is 1. The van der Waals surface area contributed by atoms with Gasteiger partial charge >= 0.3 is 0 Å². The molecule has 10 heteroatoms. The SMILES string of the molecule is O=C(N/N=C/c1cc(Cl)cc(Cl)c1O)c1ccc([N+](=O)[O-])cn1. The largest absolute Gasteiger partial charge is 0.506 e. The number of nitrogens with one attached hydrogen (secondary N) is 1. The molecule has 2 rings (SSSR count). The first kappa shape index (κ1) is 16.7. The van der Waals surface area contributed by atoms with E-state index >= 15 is 0 Å². The molecule has 0 saturated heterocycles. The predicted molar refractivity (Wildman–Crippen MR) is 84.1 cm³/mol. The number of aromatic hydroxyl groups is 1. The van der Waals surface area contributed by atoms with Crippen molar-refractivity contribution in [3.8, 4) is 5.75 Å². The third-order valence-corrected chi connectivity index (χ3v) is 3.13. The fraction of sp³-hybridized carbons (Fsp3) is 0. The van der Waals surface area contributed by atoms with Crippen LogP contribution < -0.4 is 5.43 Å². The predicted octanol–water partition coefficient (Wildman–Crippen LogP) is 2.77. The van der Waals surface area contributed by atoms with Crippen LogP contribution in [0.3, 0.4) is 0 Å². The number of halogens is 2. The molecule has 0 unspecified atom stereocenters. The smallest absolute Gasteiger partial charge is 0.289 e. The van der Waals surface area contributed by atoms with Gasteiger partial charge in [-0.15, -0.1) is 0 Å². The Kier molecular flexibility index (Phi) is 5.09. The van der Waals surface area contributed by atoms with Gasteiger partial charge in [-0.3, -0.25) is 14.9 Å². The molecule has 1 amide bonds. The third kappa shape index (κ3) is 4.15. The Labute approximate surface area is 139 Å². The van der Waals surface area contributed by atoms with E-state index in [9.17, 15) is 20.0 Å². The molecule has 0 aliphatic heterocycles. The molecule has 1 heterocycles. The van der Waals surface area contributed by atoms with E-state index in [1.807, 2.05) is 0 Å². The minimum absolute atomic E-state index is 0.0438. The van der Waals surface area contributed by atoms with Gasteiger partial charge in [0.1, 0.15) is 17.6 Å². The van der Waals surface area contributed by atoms with E-state index < -0.39 is 10.8 Å². The van der Waals surface area contributed by atoms with Crippen molar-refractivity contribution in [2.24, 2.45) is 5.10 Å². The molecular formula is C13H8Cl2N4O4. The first-order chi connectivity index (χ1) is 10.9. The Balaban J connectivity index is 2.08. The van der Waals surface area contributed by atoms with Crippen LogP contribution in [0.4, 0.5) is 5.69 Å². The summed E-state index contributed by atoms with van der Waals surface area (Å²) in [6.45, 7) is 0. The van der Waals surface area contributed by atoms with Gasteiger partial charge in [0.2, 0.25) is 0 Å². The van der Waals surface area contributed by atoms with Crippen LogP contribution in [0.1, 0.15) is 16.1 Å². The van der Waals surface area contributed by atoms with Crippen molar-refractivity contribution in [1.82, 2.24) is 10.4 Å². The average molecular weight is 355 g/mol. The zero-order valence-electron chi connectivity index (χ0n) is 11.2. The summed E-state index contributed by atoms with van der Waals surface area (Å²) in [5.74, 6) is -0.911. The fourth-order valence-electron chi connectivity index (χ4n) is 1.53. The molecule has 1 aromatic carbocycles. The number of phenols is 1. The van der Waals surface area contributed by atoms with E-state index in [2.05, 4.69) is 15.5 Å². The van der Waals surface area contributed by atoms with Crippen molar-refractivity contribution in [3.63, 3.8) is 0 Å². The number of hydrogen-bond donors (Lipinski definition) is 2. The molecule has 0 atom stereocenters. The third-order valence-electron chi connectivity index (χ3n) is 2.62. The highest BCUT2D eigenvalue weighted by molar-refractivity contribution is 6.36. The van der Waals surface area contributed by atoms with Gasteiger partial charge in [-0.2, -0.15) is 5.10 Å². The first-order valence-electron chi connectivity index (χ1n) is 6.00. The van der Waals surface area contributed by atoms with Gasteiger partial charge in [0, 0.05) is 16.7 Å². The quantitative estimate of drug-likeness (QED) is 0.497. The maximum Gasteiger partial charge on any atom is 0.289 e. The second-order valence-corrected chi connectivity index (χ2v) is 5.03. The highest BCUT2D eigenvalue weighted by Gasteiger charge is 2.10. The van der Waals surface area contributed by atoms with Crippen molar-refractivity contribution < 1.29 is 14.8 Å². The van der Waals surface area contributed by atoms with Gasteiger partial charge in [0.05, 0.1) is 16.2 Å². The summed E-state index contributed by atoms with van der Waals surface area (Å²) in [4.78, 5) is 25.3. The molecule has 0 saturated carbocycles. The van der Waals surface area contributed by atoms with Crippen LogP contribution in [0.5, 0.6) is 5.75 Å². The van der Waals surface area contributed by atoms with Crippen LogP contribution in [0.25, 0.3) is 0 Å². The maximum atomic E-state index is 11.8. The van der Waals surface area contributed by atoms with Crippen molar-refractivity contribution in [2.75, 3.05) is 0 Å². The number of hydrogen-bond acceptors (Lipinski definition) is 6. The summed E-state index contributed by atoms with van der Waals surface area (Å²) in [7, 11) is 0. The Bertz CT molecular complexity index is 793. The molecule has 0 radical (unpaired) electrons. The van der Waals surface area contributed by atoms with Crippen LogP contribution in [0.2, 0.25) is 10.0 Å². The number of rotatable bonds is 4. The van der Waals surface area contributed by atoms with Gasteiger partial charge in [0.25, 0.3) is 11.6 Å². The Hall–Kier alpha value is -2.71. The number of hydrazone groups is 1. The molecule has 0 fully saturated rings. The van der Waals surface area contributed by atoms with Gasteiger partial charge in [-0.25, -0.2) is 10.4 Å². The molecule has 23 heavy (non-hydrogen) atoms. The molecule has 0 aliphatic carbocycles. The van der Waals surface area contributed by atoms with Gasteiger partial charge < -0.3 is 5.11 Å². The lowest BCUT2D eigenvalue weighted by molar-refractivity contribution is -0.385. The summed E-state index contributed by atoms with van der Waals surface area (Å²) in [6.07, 6.45) is 2.11. The Morgan fingerprint density at radius 3 is 2.74 bits per heavy atom. The van der Waals surface area contributed by atoms with E-state index in [0.717, 1.165) is 18.5 Å². The lowest BCUT2D eigenvalue weighted by Crippen LogP contribution is -2.18. The average Bonchev–Trinajstić information content (AvgIpc) is 2.51. The van der Waals surface area contributed by atoms with Crippen LogP contribution in [0.15, 0.2) is 35.6 Å². The Morgan fingerprint density at radius 1 is 1.39 bits per heavy atom. The zero-order valence-corrected chi connectivity index (χ0v) is 12.7. The van der Waals surface area contributed by atoms with Crippen molar-refractivity contribution in [1.29, 1.82) is 0 Å². The number of amides is 1. The molecular weight excluding hydrogens is 347 g/mol. The van der Waals surface area contributed by atoms with Crippen molar-refractivity contribution >= 4 is 41.0 Å². The van der Waals surface area contributed by atoms with Crippen molar-refractivity contribution in [3.05, 3.63) is 61.9 Å². The number of nitro groups is 1. The van der Waals surface area contributed by atoms with E-state index in [-0.39, 0.29) is 32.7 Å². The topological polar surface area (TPSA) is 118 Å². The summed E-state index contributed by atoms with van der Waals surface area (Å²) < 4.78 is 0. The van der Waals surface area contributed by atoms with E-state index in [1.54, 1.807) is 0 Å². The lowest BCUT2D eigenvalue weighted by atomic mass is 10.2. The minimum atomic E-state index is -0.677. The molecule has 118 valence electrons. The summed E-state index contributed by atoms with van der Waals surface area (Å²) in [6, 6.07) is 5.10. The summed E-state index contributed by atoms with van der Waals surface area (Å²) in [5.41, 5.74) is 2.08. The molecule has 8 nitrogen and oxygen atoms in total. The standard InChI is InChI=1S/C13H8Cl2N4O4/c14-8-3-7(12(20)10(15)4-8)5-17-18-13(21)11-2-1-9(6-16-11)19(22)23/h1-6,20H,(H,18,21)/b17-5+. The molecule has 0 spiro atoms. The number of phenolic OH excluding ortho intramolecular Hbond substituents is 1. The highest BCUT2D eigenvalue weighted by atomic mass is 35.5. The monoisotopic (exact) mass is 354 g/mol. The number of carbonyl (C=O) groups excluding carboxylic acids is 1. The Morgan fingerprint density at radius 2 is 2.13 bits per heavy atom. The highest BCUT2D eigenvalue weighted by Crippen LogP contribution is 2.29. The maximum absolute atomic E-state index is 11.8. The lowest BCUT2D eigenvalue weighted by Gasteiger charge is -2.02. The van der Waals surface area contributed by atoms with Crippen molar-refractivity contribution in [2.45, 2.75) is 0 Å². The number of nitrogens with zero attached hydrogens (tertiary/aromatic N) is 3. The minimum Gasteiger partial charge on any atom is -0.506 e. The molecule has 0 aliphatic rings. The van der Waals surface area contributed by atoms with Gasteiger partial charge in [0.15, 0.2) is 0 Å². The summed E-state index contributed by atoms with van der Waals surface area (Å²) in [5, 5.41) is 24.2.